The van der Waals surface area contributed by atoms with E-state index in [-0.39, 0.29) is 6.61 Å². The second kappa shape index (κ2) is 10.2. The largest absolute Gasteiger partial charge is 0.395 e. The fourth-order valence-electron chi connectivity index (χ4n) is 5.24. The molecule has 3 aromatic rings. The number of piperidine rings is 1. The zero-order valence-corrected chi connectivity index (χ0v) is 20.6. The summed E-state index contributed by atoms with van der Waals surface area (Å²) in [6, 6.07) is 9.11. The van der Waals surface area contributed by atoms with E-state index < -0.39 is 0 Å². The number of aromatic nitrogens is 3. The van der Waals surface area contributed by atoms with Gasteiger partial charge in [-0.1, -0.05) is 49.4 Å². The Morgan fingerprint density at radius 3 is 2.45 bits per heavy atom. The lowest BCUT2D eigenvalue weighted by Gasteiger charge is -2.42. The van der Waals surface area contributed by atoms with Crippen LogP contribution in [0.25, 0.3) is 16.2 Å². The number of rotatable bonds is 7. The predicted octanol–water partition coefficient (Wildman–Crippen LogP) is 3.23. The molecule has 7 nitrogen and oxygen atoms in total. The van der Waals surface area contributed by atoms with Crippen molar-refractivity contribution < 1.29 is 5.11 Å². The third kappa shape index (κ3) is 5.00. The number of nitrogens with zero attached hydrogens (tertiary/aromatic N) is 5. The van der Waals surface area contributed by atoms with E-state index in [2.05, 4.69) is 59.4 Å². The van der Waals surface area contributed by atoms with Crippen LogP contribution in [-0.2, 0) is 0 Å². The van der Waals surface area contributed by atoms with Crippen LogP contribution in [0.1, 0.15) is 49.2 Å². The van der Waals surface area contributed by atoms with Crippen molar-refractivity contribution in [1.82, 2.24) is 29.7 Å². The highest BCUT2D eigenvalue weighted by atomic mass is 32.1. The molecule has 2 aliphatic heterocycles. The first kappa shape index (κ1) is 22.9. The molecular weight excluding hydrogens is 432 g/mol. The maximum atomic E-state index is 9.29. The Labute approximate surface area is 200 Å². The normalized spacial score (nSPS) is 20.1. The summed E-state index contributed by atoms with van der Waals surface area (Å²) in [4.78, 5) is 10.9. The first-order valence-electron chi connectivity index (χ1n) is 12.4. The third-order valence-electron chi connectivity index (χ3n) is 7.23. The van der Waals surface area contributed by atoms with Crippen LogP contribution in [0.4, 0.5) is 0 Å². The van der Waals surface area contributed by atoms with Crippen LogP contribution in [0.3, 0.4) is 0 Å². The van der Waals surface area contributed by atoms with Crippen molar-refractivity contribution in [3.8, 4) is 11.3 Å². The van der Waals surface area contributed by atoms with Gasteiger partial charge >= 0.3 is 0 Å². The molecule has 2 N–H and O–H groups in total. The monoisotopic (exact) mass is 468 g/mol. The lowest BCUT2D eigenvalue weighted by molar-refractivity contribution is 0.0523. The number of imidazole rings is 1. The minimum atomic E-state index is 0.240. The number of β-amino-alcohol motifs (C(OH)–C–C–N with tert-alkyl or cyclic N) is 1. The van der Waals surface area contributed by atoms with Gasteiger partial charge in [0.15, 0.2) is 0 Å². The SMILES string of the molecule is CC(C)c1ccc(-c2cn3nc(C(C4CCNCC4)N4CCN(CCO)CC4)sc3n2)cc1. The number of piperazine rings is 1. The smallest absolute Gasteiger partial charge is 0.212 e. The number of benzene rings is 1. The molecule has 0 spiro atoms. The van der Waals surface area contributed by atoms with Crippen LogP contribution in [0.2, 0.25) is 0 Å². The van der Waals surface area contributed by atoms with Gasteiger partial charge in [-0.3, -0.25) is 9.80 Å². The molecule has 4 heterocycles. The number of hydrogen-bond acceptors (Lipinski definition) is 7. The highest BCUT2D eigenvalue weighted by Gasteiger charge is 2.34. The Hall–Kier alpha value is -1.84. The average Bonchev–Trinajstić information content (AvgIpc) is 3.41. The Morgan fingerprint density at radius 1 is 1.09 bits per heavy atom. The lowest BCUT2D eigenvalue weighted by Crippen LogP contribution is -2.50. The van der Waals surface area contributed by atoms with Crippen LogP contribution in [0.15, 0.2) is 30.5 Å². The van der Waals surface area contributed by atoms with E-state index in [0.29, 0.717) is 17.9 Å². The van der Waals surface area contributed by atoms with Crippen molar-refractivity contribution >= 4 is 16.3 Å². The van der Waals surface area contributed by atoms with Gasteiger partial charge in [0.1, 0.15) is 5.01 Å². The van der Waals surface area contributed by atoms with Gasteiger partial charge in [-0.05, 0) is 43.3 Å². The summed E-state index contributed by atoms with van der Waals surface area (Å²) in [5.74, 6) is 1.15. The number of nitrogens with one attached hydrogen (secondary N) is 1. The Balaban J connectivity index is 1.38. The molecule has 0 bridgehead atoms. The van der Waals surface area contributed by atoms with E-state index in [0.717, 1.165) is 62.0 Å². The van der Waals surface area contributed by atoms with Crippen LogP contribution >= 0.6 is 11.3 Å². The summed E-state index contributed by atoms with van der Waals surface area (Å²) in [5.41, 5.74) is 3.49. The van der Waals surface area contributed by atoms with Gasteiger partial charge in [0, 0.05) is 38.3 Å². The second-order valence-corrected chi connectivity index (χ2v) is 10.7. The second-order valence-electron chi connectivity index (χ2n) is 9.70. The molecule has 0 radical (unpaired) electrons. The molecule has 2 aliphatic rings. The Kier molecular flexibility index (Phi) is 7.08. The first-order valence-corrected chi connectivity index (χ1v) is 13.2. The molecule has 8 heteroatoms. The van der Waals surface area contributed by atoms with Gasteiger partial charge in [0.05, 0.1) is 24.5 Å². The van der Waals surface area contributed by atoms with Crippen LogP contribution in [-0.4, -0.2) is 81.9 Å². The zero-order valence-electron chi connectivity index (χ0n) is 19.8. The first-order chi connectivity index (χ1) is 16.1. The molecule has 0 amide bonds. The summed E-state index contributed by atoms with van der Waals surface area (Å²) in [6.07, 6.45) is 4.46. The molecule has 5 rings (SSSR count). The van der Waals surface area contributed by atoms with Gasteiger partial charge in [-0.2, -0.15) is 5.10 Å². The standard InChI is InChI=1S/C25H36N6OS/c1-18(2)19-3-5-20(6-4-19)22-17-31-25(27-22)33-24(28-31)23(21-7-9-26-10-8-21)30-13-11-29(12-14-30)15-16-32/h3-6,17-18,21,23,26,32H,7-16H2,1-2H3. The number of aliphatic hydroxyl groups is 1. The molecule has 1 aromatic carbocycles. The summed E-state index contributed by atoms with van der Waals surface area (Å²) in [5, 5.41) is 19.1. The lowest BCUT2D eigenvalue weighted by atomic mass is 9.89. The van der Waals surface area contributed by atoms with Crippen molar-refractivity contribution in [1.29, 1.82) is 0 Å². The van der Waals surface area contributed by atoms with Crippen molar-refractivity contribution in [2.45, 2.75) is 38.6 Å². The fourth-order valence-corrected chi connectivity index (χ4v) is 6.34. The predicted molar refractivity (Wildman–Crippen MR) is 134 cm³/mol. The molecule has 0 saturated carbocycles. The molecule has 33 heavy (non-hydrogen) atoms. The van der Waals surface area contributed by atoms with E-state index in [1.165, 1.54) is 23.4 Å². The number of aliphatic hydroxyl groups excluding tert-OH is 1. The highest BCUT2D eigenvalue weighted by molar-refractivity contribution is 7.16. The summed E-state index contributed by atoms with van der Waals surface area (Å²) in [7, 11) is 0. The van der Waals surface area contributed by atoms with Gasteiger partial charge < -0.3 is 10.4 Å². The Bertz CT molecular complexity index is 1000. The van der Waals surface area contributed by atoms with E-state index in [4.69, 9.17) is 10.1 Å². The van der Waals surface area contributed by atoms with Crippen molar-refractivity contribution in [2.24, 2.45) is 5.92 Å². The van der Waals surface area contributed by atoms with Gasteiger partial charge in [0.2, 0.25) is 4.96 Å². The molecule has 1 unspecified atom stereocenters. The minimum Gasteiger partial charge on any atom is -0.395 e. The third-order valence-corrected chi connectivity index (χ3v) is 8.22. The zero-order chi connectivity index (χ0) is 22.8. The summed E-state index contributed by atoms with van der Waals surface area (Å²) in [6.45, 7) is 11.7. The van der Waals surface area contributed by atoms with E-state index in [1.807, 2.05) is 4.52 Å². The molecule has 2 saturated heterocycles. The average molecular weight is 469 g/mol. The number of fused-ring (bicyclic) bond motifs is 1. The highest BCUT2D eigenvalue weighted by Crippen LogP contribution is 2.37. The van der Waals surface area contributed by atoms with Crippen molar-refractivity contribution in [3.05, 3.63) is 41.0 Å². The number of hydrogen-bond donors (Lipinski definition) is 2. The molecule has 178 valence electrons. The quantitative estimate of drug-likeness (QED) is 0.555. The maximum absolute atomic E-state index is 9.29. The van der Waals surface area contributed by atoms with E-state index in [9.17, 15) is 5.11 Å². The summed E-state index contributed by atoms with van der Waals surface area (Å²) < 4.78 is 1.99. The molecule has 0 aliphatic carbocycles. The molecule has 2 fully saturated rings. The van der Waals surface area contributed by atoms with Crippen molar-refractivity contribution in [3.63, 3.8) is 0 Å². The fraction of sp³-hybridized carbons (Fsp3) is 0.600. The topological polar surface area (TPSA) is 68.9 Å². The van der Waals surface area contributed by atoms with Gasteiger partial charge in [-0.25, -0.2) is 9.50 Å². The van der Waals surface area contributed by atoms with Crippen LogP contribution in [0.5, 0.6) is 0 Å². The maximum Gasteiger partial charge on any atom is 0.212 e. The van der Waals surface area contributed by atoms with Gasteiger partial charge in [-0.15, -0.1) is 0 Å². The molecule has 2 aromatic heterocycles. The van der Waals surface area contributed by atoms with E-state index >= 15 is 0 Å². The van der Waals surface area contributed by atoms with Gasteiger partial charge in [0.25, 0.3) is 0 Å². The van der Waals surface area contributed by atoms with Crippen LogP contribution < -0.4 is 5.32 Å². The van der Waals surface area contributed by atoms with E-state index in [1.54, 1.807) is 11.3 Å². The van der Waals surface area contributed by atoms with Crippen molar-refractivity contribution in [2.75, 3.05) is 52.4 Å². The van der Waals surface area contributed by atoms with Crippen LogP contribution in [0, 0.1) is 5.92 Å². The summed E-state index contributed by atoms with van der Waals surface area (Å²) >= 11 is 1.75. The molecular formula is C25H36N6OS. The molecule has 1 atom stereocenters. The Morgan fingerprint density at radius 2 is 1.82 bits per heavy atom. The minimum absolute atomic E-state index is 0.240.